The SMILES string of the molecule is [CH2-]c1cc(C)nc2c1CCC(=O)N2C(C)(C)C.[V].[V].[V].[V]. The Labute approximate surface area is 175 Å². The number of aromatic nitrogens is 1. The maximum Gasteiger partial charge on any atom is 0.227 e. The van der Waals surface area contributed by atoms with E-state index in [1.54, 1.807) is 0 Å². The molecule has 0 aromatic carbocycles. The predicted molar refractivity (Wildman–Crippen MR) is 69.0 cm³/mol. The third kappa shape index (κ3) is 5.75. The van der Waals surface area contributed by atoms with E-state index in [1.807, 2.05) is 38.7 Å². The average molecular weight is 435 g/mol. The second-order valence-electron chi connectivity index (χ2n) is 5.62. The first kappa shape index (κ1) is 26.7. The van der Waals surface area contributed by atoms with E-state index in [-0.39, 0.29) is 85.7 Å². The van der Waals surface area contributed by atoms with Gasteiger partial charge >= 0.3 is 0 Å². The maximum absolute atomic E-state index is 12.1. The molecule has 0 spiro atoms. The fourth-order valence-electron chi connectivity index (χ4n) is 2.36. The molecule has 3 nitrogen and oxygen atoms in total. The van der Waals surface area contributed by atoms with E-state index in [1.165, 1.54) is 0 Å². The van der Waals surface area contributed by atoms with E-state index >= 15 is 0 Å². The molecule has 1 amide bonds. The van der Waals surface area contributed by atoms with Gasteiger partial charge in [-0.2, -0.15) is 12.5 Å². The Balaban J connectivity index is -0.000000810. The second kappa shape index (κ2) is 9.85. The molecule has 0 fully saturated rings. The third-order valence-corrected chi connectivity index (χ3v) is 3.04. The Bertz CT molecular complexity index is 487. The van der Waals surface area contributed by atoms with Gasteiger partial charge in [0.25, 0.3) is 0 Å². The van der Waals surface area contributed by atoms with Crippen molar-refractivity contribution in [2.24, 2.45) is 0 Å². The molecule has 0 aliphatic carbocycles. The number of aryl methyl sites for hydroxylation is 1. The number of pyridine rings is 1. The van der Waals surface area contributed by atoms with Gasteiger partial charge in [0.05, 0.1) is 5.82 Å². The molecule has 2 heterocycles. The van der Waals surface area contributed by atoms with Crippen LogP contribution in [0.25, 0.3) is 0 Å². The van der Waals surface area contributed by atoms with Crippen molar-refractivity contribution in [1.29, 1.82) is 0 Å². The molecule has 1 aromatic rings. The second-order valence-corrected chi connectivity index (χ2v) is 5.62. The molecule has 1 aromatic heterocycles. The van der Waals surface area contributed by atoms with Gasteiger partial charge in [-0.15, -0.1) is 11.6 Å². The van der Waals surface area contributed by atoms with Gasteiger partial charge in [-0.1, -0.05) is 6.42 Å². The number of amides is 1. The van der Waals surface area contributed by atoms with Crippen LogP contribution in [0.2, 0.25) is 0 Å². The summed E-state index contributed by atoms with van der Waals surface area (Å²) in [6.07, 6.45) is 1.31. The molecule has 0 atom stereocenters. The molecule has 0 bridgehead atoms. The van der Waals surface area contributed by atoms with E-state index in [0.717, 1.165) is 29.1 Å². The molecule has 4 radical (unpaired) electrons. The number of carbonyl (C=O) groups excluding carboxylic acids is 1. The number of carbonyl (C=O) groups is 1. The molecule has 21 heavy (non-hydrogen) atoms. The van der Waals surface area contributed by atoms with Crippen LogP contribution >= 0.6 is 0 Å². The number of fused-ring (bicyclic) bond motifs is 1. The topological polar surface area (TPSA) is 33.2 Å². The van der Waals surface area contributed by atoms with Crippen molar-refractivity contribution in [3.63, 3.8) is 0 Å². The van der Waals surface area contributed by atoms with Gasteiger partial charge < -0.3 is 4.90 Å². The summed E-state index contributed by atoms with van der Waals surface area (Å²) in [7, 11) is 0. The largest absolute Gasteiger partial charge is 0.302 e. The molecular formula is C14H19N2OV4-. The van der Waals surface area contributed by atoms with E-state index in [9.17, 15) is 4.79 Å². The Morgan fingerprint density at radius 1 is 1.14 bits per heavy atom. The zero-order chi connectivity index (χ0) is 12.8. The van der Waals surface area contributed by atoms with Gasteiger partial charge in [0.2, 0.25) is 5.91 Å². The molecule has 1 aliphatic heterocycles. The predicted octanol–water partition coefficient (Wildman–Crippen LogP) is 2.64. The van der Waals surface area contributed by atoms with Gasteiger partial charge in [0.1, 0.15) is 0 Å². The fourth-order valence-corrected chi connectivity index (χ4v) is 2.36. The van der Waals surface area contributed by atoms with Crippen molar-refractivity contribution in [2.45, 2.75) is 46.1 Å². The average Bonchev–Trinajstić information content (AvgIpc) is 2.13. The third-order valence-electron chi connectivity index (χ3n) is 3.04. The molecule has 0 saturated carbocycles. The molecule has 1 aliphatic rings. The summed E-state index contributed by atoms with van der Waals surface area (Å²) in [5.74, 6) is 0.959. The van der Waals surface area contributed by atoms with E-state index in [4.69, 9.17) is 0 Å². The van der Waals surface area contributed by atoms with Crippen LogP contribution in [0.4, 0.5) is 5.82 Å². The van der Waals surface area contributed by atoms with Crippen molar-refractivity contribution in [1.82, 2.24) is 4.98 Å². The first-order valence-corrected chi connectivity index (χ1v) is 5.96. The van der Waals surface area contributed by atoms with Gasteiger partial charge in [-0.05, 0) is 33.4 Å². The van der Waals surface area contributed by atoms with Crippen LogP contribution in [-0.4, -0.2) is 16.4 Å². The first-order valence-electron chi connectivity index (χ1n) is 5.96. The van der Waals surface area contributed by atoms with Crippen molar-refractivity contribution in [3.8, 4) is 0 Å². The van der Waals surface area contributed by atoms with Crippen molar-refractivity contribution < 1.29 is 79.0 Å². The van der Waals surface area contributed by atoms with Gasteiger partial charge in [0, 0.05) is 86.2 Å². The normalized spacial score (nSPS) is 13.0. The summed E-state index contributed by atoms with van der Waals surface area (Å²) in [5, 5.41) is 0. The Kier molecular flexibility index (Phi) is 12.5. The standard InChI is InChI=1S/C14H19N2O.4V/c1-9-8-10(2)15-13-11(9)6-7-12(17)16(13)14(3,4)5;;;;/h8H,1,6-7H2,2-5H3;;;;/q-1;;;;. The molecule has 0 unspecified atom stereocenters. The van der Waals surface area contributed by atoms with E-state index < -0.39 is 0 Å². The summed E-state index contributed by atoms with van der Waals surface area (Å²) < 4.78 is 0. The molecule has 7 heteroatoms. The van der Waals surface area contributed by atoms with Crippen LogP contribution in [0, 0.1) is 13.8 Å². The van der Waals surface area contributed by atoms with Crippen LogP contribution in [0.1, 0.15) is 44.0 Å². The zero-order valence-electron chi connectivity index (χ0n) is 12.8. The fraction of sp³-hybridized carbons (Fsp3) is 0.500. The van der Waals surface area contributed by atoms with Crippen LogP contribution in [-0.2, 0) is 85.4 Å². The number of anilines is 1. The van der Waals surface area contributed by atoms with E-state index in [0.29, 0.717) is 6.42 Å². The van der Waals surface area contributed by atoms with Crippen LogP contribution in [0.15, 0.2) is 6.07 Å². The number of hydrogen-bond acceptors (Lipinski definition) is 2. The van der Waals surface area contributed by atoms with Crippen molar-refractivity contribution in [3.05, 3.63) is 29.8 Å². The van der Waals surface area contributed by atoms with Gasteiger partial charge in [-0.3, -0.25) is 9.78 Å². The van der Waals surface area contributed by atoms with Crippen LogP contribution < -0.4 is 4.90 Å². The smallest absolute Gasteiger partial charge is 0.227 e. The van der Waals surface area contributed by atoms with E-state index in [2.05, 4.69) is 11.9 Å². The minimum Gasteiger partial charge on any atom is -0.302 e. The molecule has 112 valence electrons. The number of hydrogen-bond donors (Lipinski definition) is 0. The Morgan fingerprint density at radius 3 is 2.14 bits per heavy atom. The first-order chi connectivity index (χ1) is 7.80. The molecular weight excluding hydrogens is 416 g/mol. The van der Waals surface area contributed by atoms with Crippen molar-refractivity contribution >= 4 is 11.7 Å². The minimum absolute atomic E-state index is 0. The molecule has 0 N–H and O–H groups in total. The summed E-state index contributed by atoms with van der Waals surface area (Å²) in [5.41, 5.74) is 2.79. The molecule has 2 rings (SSSR count). The van der Waals surface area contributed by atoms with Crippen LogP contribution in [0.5, 0.6) is 0 Å². The van der Waals surface area contributed by atoms with Gasteiger partial charge in [0.15, 0.2) is 0 Å². The summed E-state index contributed by atoms with van der Waals surface area (Å²) in [6, 6.07) is 1.98. The summed E-state index contributed by atoms with van der Waals surface area (Å²) >= 11 is 0. The van der Waals surface area contributed by atoms with Crippen molar-refractivity contribution in [2.75, 3.05) is 4.90 Å². The number of nitrogens with zero attached hydrogens (tertiary/aromatic N) is 2. The maximum atomic E-state index is 12.1. The molecule has 0 saturated heterocycles. The minimum atomic E-state index is -0.237. The quantitative estimate of drug-likeness (QED) is 0.588. The zero-order valence-corrected chi connectivity index (χ0v) is 18.4. The number of rotatable bonds is 0. The Hall–Kier alpha value is 0.828. The summed E-state index contributed by atoms with van der Waals surface area (Å²) in [6.45, 7) is 12.1. The van der Waals surface area contributed by atoms with Gasteiger partial charge in [-0.25, -0.2) is 0 Å². The summed E-state index contributed by atoms with van der Waals surface area (Å²) in [4.78, 5) is 18.4. The Morgan fingerprint density at radius 2 is 1.67 bits per heavy atom. The van der Waals surface area contributed by atoms with Crippen LogP contribution in [0.3, 0.4) is 0 Å². The monoisotopic (exact) mass is 435 g/mol.